The van der Waals surface area contributed by atoms with Gasteiger partial charge in [0.15, 0.2) is 0 Å². The van der Waals surface area contributed by atoms with Gasteiger partial charge in [-0.1, -0.05) is 6.92 Å². The van der Waals surface area contributed by atoms with Crippen LogP contribution in [0.4, 0.5) is 11.4 Å². The Morgan fingerprint density at radius 2 is 2.20 bits per heavy atom. The first-order chi connectivity index (χ1) is 9.58. The maximum absolute atomic E-state index is 11.0. The van der Waals surface area contributed by atoms with Gasteiger partial charge in [-0.25, -0.2) is 0 Å². The highest BCUT2D eigenvalue weighted by molar-refractivity contribution is 9.10. The molecule has 1 aromatic heterocycles. The van der Waals surface area contributed by atoms with E-state index in [1.807, 2.05) is 0 Å². The highest BCUT2D eigenvalue weighted by Gasteiger charge is 2.18. The van der Waals surface area contributed by atoms with Crippen LogP contribution in [0.25, 0.3) is 0 Å². The van der Waals surface area contributed by atoms with E-state index in [1.165, 1.54) is 19.0 Å². The van der Waals surface area contributed by atoms with E-state index in [0.29, 0.717) is 16.7 Å². The number of anilines is 1. The van der Waals surface area contributed by atoms with Crippen molar-refractivity contribution in [3.63, 3.8) is 0 Å². The van der Waals surface area contributed by atoms with Crippen LogP contribution in [-0.2, 0) is 0 Å². The third kappa shape index (κ3) is 3.89. The number of likely N-dealkylation sites (tertiary alicyclic amines) is 1. The number of nitro groups is 1. The monoisotopic (exact) mass is 342 g/mol. The van der Waals surface area contributed by atoms with Crippen molar-refractivity contribution in [1.29, 1.82) is 0 Å². The van der Waals surface area contributed by atoms with Gasteiger partial charge in [0.25, 0.3) is 0 Å². The van der Waals surface area contributed by atoms with Crippen LogP contribution in [0, 0.1) is 16.0 Å². The summed E-state index contributed by atoms with van der Waals surface area (Å²) < 4.78 is 0.624. The molecule has 2 rings (SSSR count). The molecule has 6 nitrogen and oxygen atoms in total. The molecule has 7 heteroatoms. The van der Waals surface area contributed by atoms with E-state index < -0.39 is 4.92 Å². The van der Waals surface area contributed by atoms with Gasteiger partial charge in [0, 0.05) is 19.3 Å². The van der Waals surface area contributed by atoms with Crippen molar-refractivity contribution in [1.82, 2.24) is 9.88 Å². The molecule has 1 aliphatic heterocycles. The smallest absolute Gasteiger partial charge is 0.311 e. The van der Waals surface area contributed by atoms with Crippen LogP contribution in [0.15, 0.2) is 16.9 Å². The highest BCUT2D eigenvalue weighted by Crippen LogP contribution is 2.30. The molecule has 0 amide bonds. The number of aromatic nitrogens is 1. The molecular weight excluding hydrogens is 324 g/mol. The van der Waals surface area contributed by atoms with Crippen molar-refractivity contribution in [2.24, 2.45) is 5.92 Å². The Labute approximate surface area is 126 Å². The molecule has 1 saturated heterocycles. The molecule has 20 heavy (non-hydrogen) atoms. The lowest BCUT2D eigenvalue weighted by molar-refractivity contribution is -0.384. The van der Waals surface area contributed by atoms with Crippen molar-refractivity contribution in [2.75, 3.05) is 31.5 Å². The van der Waals surface area contributed by atoms with Crippen molar-refractivity contribution in [2.45, 2.75) is 19.8 Å². The average molecular weight is 343 g/mol. The number of rotatable bonds is 5. The molecule has 0 aliphatic carbocycles. The van der Waals surface area contributed by atoms with E-state index in [1.54, 1.807) is 6.20 Å². The Morgan fingerprint density at radius 3 is 2.85 bits per heavy atom. The van der Waals surface area contributed by atoms with Gasteiger partial charge >= 0.3 is 5.69 Å². The Kier molecular flexibility index (Phi) is 5.31. The quantitative estimate of drug-likeness (QED) is 0.657. The van der Waals surface area contributed by atoms with E-state index in [9.17, 15) is 10.1 Å². The van der Waals surface area contributed by atoms with Crippen molar-refractivity contribution in [3.8, 4) is 0 Å². The van der Waals surface area contributed by atoms with Gasteiger partial charge in [0.1, 0.15) is 11.9 Å². The molecule has 0 spiro atoms. The first-order valence-electron chi connectivity index (χ1n) is 6.82. The predicted octanol–water partition coefficient (Wildman–Crippen LogP) is 2.90. The topological polar surface area (TPSA) is 71.3 Å². The third-order valence-electron chi connectivity index (χ3n) is 3.68. The Hall–Kier alpha value is -1.21. The summed E-state index contributed by atoms with van der Waals surface area (Å²) in [6.45, 7) is 6.11. The normalized spacial score (nSPS) is 17.1. The lowest BCUT2D eigenvalue weighted by Crippen LogP contribution is -2.36. The second-order valence-corrected chi connectivity index (χ2v) is 6.08. The molecule has 0 unspecified atom stereocenters. The fraction of sp³-hybridized carbons (Fsp3) is 0.615. The van der Waals surface area contributed by atoms with Gasteiger partial charge in [-0.3, -0.25) is 15.1 Å². The van der Waals surface area contributed by atoms with Gasteiger partial charge in [-0.2, -0.15) is 0 Å². The summed E-state index contributed by atoms with van der Waals surface area (Å²) in [7, 11) is 0. The summed E-state index contributed by atoms with van der Waals surface area (Å²) in [6, 6.07) is 0. The Bertz CT molecular complexity index is 475. The summed E-state index contributed by atoms with van der Waals surface area (Å²) in [5.41, 5.74) is 0.516. The minimum Gasteiger partial charge on any atom is -0.377 e. The summed E-state index contributed by atoms with van der Waals surface area (Å²) in [5, 5.41) is 14.1. The molecule has 0 radical (unpaired) electrons. The molecular formula is C13H19BrN4O2. The number of pyridine rings is 1. The van der Waals surface area contributed by atoms with Crippen molar-refractivity contribution >= 4 is 27.3 Å². The second kappa shape index (κ2) is 6.99. The number of piperidine rings is 1. The number of hydrogen-bond donors (Lipinski definition) is 1. The van der Waals surface area contributed by atoms with Gasteiger partial charge in [-0.05, 0) is 47.8 Å². The second-order valence-electron chi connectivity index (χ2n) is 5.22. The zero-order valence-electron chi connectivity index (χ0n) is 11.5. The van der Waals surface area contributed by atoms with Gasteiger partial charge in [-0.15, -0.1) is 0 Å². The van der Waals surface area contributed by atoms with E-state index >= 15 is 0 Å². The van der Waals surface area contributed by atoms with Crippen molar-refractivity contribution < 1.29 is 4.92 Å². The molecule has 0 bridgehead atoms. The maximum atomic E-state index is 11.0. The number of nitrogens with one attached hydrogen (secondary N) is 1. The van der Waals surface area contributed by atoms with E-state index in [4.69, 9.17) is 0 Å². The standard InChI is InChI=1S/C13H19BrN4O2/c1-10-2-5-17(6-3-10)7-4-16-13-11(14)8-15-9-12(13)18(19)20/h8-10H,2-7H2,1H3,(H,15,16). The number of hydrogen-bond acceptors (Lipinski definition) is 5. The van der Waals surface area contributed by atoms with Crippen molar-refractivity contribution in [3.05, 3.63) is 27.0 Å². The molecule has 0 aromatic carbocycles. The largest absolute Gasteiger partial charge is 0.377 e. The average Bonchev–Trinajstić information content (AvgIpc) is 2.42. The van der Waals surface area contributed by atoms with Gasteiger partial charge in [0.05, 0.1) is 9.40 Å². The molecule has 0 atom stereocenters. The molecule has 110 valence electrons. The Morgan fingerprint density at radius 1 is 1.50 bits per heavy atom. The minimum atomic E-state index is -0.414. The lowest BCUT2D eigenvalue weighted by Gasteiger charge is -2.30. The summed E-state index contributed by atoms with van der Waals surface area (Å²) in [5.74, 6) is 0.814. The number of halogens is 1. The molecule has 1 aromatic rings. The van der Waals surface area contributed by atoms with Crippen LogP contribution < -0.4 is 5.32 Å². The van der Waals surface area contributed by atoms with Crippen LogP contribution in [0.5, 0.6) is 0 Å². The SMILES string of the molecule is CC1CCN(CCNc2c(Br)cncc2[N+](=O)[O-])CC1. The van der Waals surface area contributed by atoms with E-state index in [2.05, 4.69) is 38.1 Å². The van der Waals surface area contributed by atoms with Crippen LogP contribution in [0.3, 0.4) is 0 Å². The molecule has 2 heterocycles. The fourth-order valence-corrected chi connectivity index (χ4v) is 2.82. The summed E-state index contributed by atoms with van der Waals surface area (Å²) >= 11 is 3.31. The van der Waals surface area contributed by atoms with E-state index in [-0.39, 0.29) is 5.69 Å². The van der Waals surface area contributed by atoms with Gasteiger partial charge in [0.2, 0.25) is 0 Å². The third-order valence-corrected chi connectivity index (χ3v) is 4.28. The first-order valence-corrected chi connectivity index (χ1v) is 7.61. The zero-order chi connectivity index (χ0) is 14.5. The first kappa shape index (κ1) is 15.2. The molecule has 1 N–H and O–H groups in total. The van der Waals surface area contributed by atoms with Crippen LogP contribution in [-0.4, -0.2) is 41.0 Å². The minimum absolute atomic E-state index is 0.00615. The lowest BCUT2D eigenvalue weighted by atomic mass is 9.99. The predicted molar refractivity (Wildman–Crippen MR) is 81.9 cm³/mol. The zero-order valence-corrected chi connectivity index (χ0v) is 13.1. The van der Waals surface area contributed by atoms with E-state index in [0.717, 1.165) is 25.6 Å². The fourth-order valence-electron chi connectivity index (χ4n) is 2.36. The van der Waals surface area contributed by atoms with Crippen LogP contribution in [0.1, 0.15) is 19.8 Å². The van der Waals surface area contributed by atoms with Gasteiger partial charge < -0.3 is 10.2 Å². The molecule has 1 aliphatic rings. The highest BCUT2D eigenvalue weighted by atomic mass is 79.9. The Balaban J connectivity index is 1.89. The van der Waals surface area contributed by atoms with Crippen LogP contribution in [0.2, 0.25) is 0 Å². The molecule has 0 saturated carbocycles. The molecule has 1 fully saturated rings. The maximum Gasteiger partial charge on any atom is 0.311 e. The summed E-state index contributed by atoms with van der Waals surface area (Å²) in [6.07, 6.45) is 5.31. The number of nitrogens with zero attached hydrogens (tertiary/aromatic N) is 3. The summed E-state index contributed by atoms with van der Waals surface area (Å²) in [4.78, 5) is 16.8. The van der Waals surface area contributed by atoms with Crippen LogP contribution >= 0.6 is 15.9 Å².